The molecule has 0 bridgehead atoms. The molecule has 0 fully saturated rings. The Bertz CT molecular complexity index is 1390. The lowest BCUT2D eigenvalue weighted by Gasteiger charge is -2.33. The van der Waals surface area contributed by atoms with Gasteiger partial charge >= 0.3 is 0 Å². The predicted octanol–water partition coefficient (Wildman–Crippen LogP) is 4.54. The molecule has 3 aromatic rings. The number of carbonyl (C=O) groups excluding carboxylic acids is 2. The maximum Gasteiger partial charge on any atom is 0.244 e. The van der Waals surface area contributed by atoms with Crippen molar-refractivity contribution >= 4 is 50.7 Å². The zero-order chi connectivity index (χ0) is 28.6. The molecular formula is C28H31Cl2N3O5S. The van der Waals surface area contributed by atoms with Gasteiger partial charge in [-0.05, 0) is 48.4 Å². The SMILES string of the molecule is CCNC(=O)[C@@H](Cc1ccccc1)N(Cc1ccc(Cl)cc1)C(=O)CN(c1ccc(OC)c(Cl)c1)S(C)(=O)=O. The second kappa shape index (κ2) is 13.7. The molecule has 39 heavy (non-hydrogen) atoms. The van der Waals surface area contributed by atoms with Crippen molar-refractivity contribution in [3.05, 3.63) is 94.0 Å². The molecule has 0 radical (unpaired) electrons. The summed E-state index contributed by atoms with van der Waals surface area (Å²) in [5.41, 5.74) is 1.78. The highest BCUT2D eigenvalue weighted by atomic mass is 35.5. The number of hydrogen-bond acceptors (Lipinski definition) is 5. The summed E-state index contributed by atoms with van der Waals surface area (Å²) in [4.78, 5) is 28.7. The zero-order valence-electron chi connectivity index (χ0n) is 21.9. The zero-order valence-corrected chi connectivity index (χ0v) is 24.3. The number of benzene rings is 3. The van der Waals surface area contributed by atoms with Crippen LogP contribution >= 0.6 is 23.2 Å². The van der Waals surface area contributed by atoms with E-state index in [4.69, 9.17) is 27.9 Å². The monoisotopic (exact) mass is 591 g/mol. The minimum atomic E-state index is -3.91. The van der Waals surface area contributed by atoms with E-state index in [0.717, 1.165) is 21.7 Å². The van der Waals surface area contributed by atoms with Crippen molar-refractivity contribution < 1.29 is 22.7 Å². The predicted molar refractivity (Wildman–Crippen MR) is 155 cm³/mol. The van der Waals surface area contributed by atoms with Gasteiger partial charge in [-0.15, -0.1) is 0 Å². The second-order valence-electron chi connectivity index (χ2n) is 8.84. The number of nitrogens with one attached hydrogen (secondary N) is 1. The molecular weight excluding hydrogens is 561 g/mol. The normalized spacial score (nSPS) is 11.9. The van der Waals surface area contributed by atoms with Crippen LogP contribution < -0.4 is 14.4 Å². The third-order valence-electron chi connectivity index (χ3n) is 5.99. The Kier molecular flexibility index (Phi) is 10.6. The van der Waals surface area contributed by atoms with Gasteiger partial charge in [0.25, 0.3) is 0 Å². The van der Waals surface area contributed by atoms with Crippen LogP contribution in [-0.4, -0.2) is 57.6 Å². The summed E-state index contributed by atoms with van der Waals surface area (Å²) in [6, 6.07) is 19.8. The van der Waals surface area contributed by atoms with Crippen molar-refractivity contribution in [2.24, 2.45) is 0 Å². The van der Waals surface area contributed by atoms with Gasteiger partial charge in [0, 0.05) is 24.5 Å². The number of nitrogens with zero attached hydrogens (tertiary/aromatic N) is 2. The average Bonchev–Trinajstić information content (AvgIpc) is 2.90. The van der Waals surface area contributed by atoms with E-state index >= 15 is 0 Å². The average molecular weight is 593 g/mol. The van der Waals surface area contributed by atoms with E-state index in [2.05, 4.69) is 5.32 Å². The number of sulfonamides is 1. The Labute approximate surface area is 239 Å². The molecule has 0 heterocycles. The van der Waals surface area contributed by atoms with Crippen molar-refractivity contribution in [2.45, 2.75) is 25.9 Å². The van der Waals surface area contributed by atoms with Gasteiger partial charge in [0.05, 0.1) is 24.1 Å². The maximum atomic E-state index is 13.9. The number of anilines is 1. The van der Waals surface area contributed by atoms with E-state index in [0.29, 0.717) is 17.3 Å². The number of amides is 2. The van der Waals surface area contributed by atoms with Gasteiger partial charge in [-0.25, -0.2) is 8.42 Å². The molecule has 0 unspecified atom stereocenters. The highest BCUT2D eigenvalue weighted by Crippen LogP contribution is 2.30. The van der Waals surface area contributed by atoms with Crippen molar-refractivity contribution in [3.8, 4) is 5.75 Å². The molecule has 0 aromatic heterocycles. The molecule has 0 saturated heterocycles. The Hall–Kier alpha value is -3.27. The first-order valence-corrected chi connectivity index (χ1v) is 14.8. The molecule has 0 saturated carbocycles. The van der Waals surface area contributed by atoms with E-state index in [1.165, 1.54) is 30.2 Å². The summed E-state index contributed by atoms with van der Waals surface area (Å²) >= 11 is 12.3. The first-order chi connectivity index (χ1) is 18.5. The Morgan fingerprint density at radius 2 is 1.64 bits per heavy atom. The molecule has 8 nitrogen and oxygen atoms in total. The maximum absolute atomic E-state index is 13.9. The summed E-state index contributed by atoms with van der Waals surface area (Å²) < 4.78 is 31.8. The van der Waals surface area contributed by atoms with Gasteiger partial charge in [0.1, 0.15) is 18.3 Å². The summed E-state index contributed by atoms with van der Waals surface area (Å²) in [5, 5.41) is 3.54. The summed E-state index contributed by atoms with van der Waals surface area (Å²) in [6.45, 7) is 1.68. The second-order valence-corrected chi connectivity index (χ2v) is 11.6. The molecule has 0 aliphatic carbocycles. The van der Waals surface area contributed by atoms with Crippen LogP contribution in [0.2, 0.25) is 10.0 Å². The highest BCUT2D eigenvalue weighted by Gasteiger charge is 2.33. The van der Waals surface area contributed by atoms with Gasteiger partial charge in [-0.3, -0.25) is 13.9 Å². The van der Waals surface area contributed by atoms with Crippen LogP contribution in [0.1, 0.15) is 18.1 Å². The van der Waals surface area contributed by atoms with E-state index < -0.39 is 28.5 Å². The summed E-state index contributed by atoms with van der Waals surface area (Å²) in [6.07, 6.45) is 1.24. The number of hydrogen-bond donors (Lipinski definition) is 1. The lowest BCUT2D eigenvalue weighted by Crippen LogP contribution is -2.53. The van der Waals surface area contributed by atoms with Crippen LogP contribution in [0.25, 0.3) is 0 Å². The van der Waals surface area contributed by atoms with Crippen LogP contribution in [-0.2, 0) is 32.6 Å². The number of carbonyl (C=O) groups is 2. The van der Waals surface area contributed by atoms with E-state index in [1.54, 1.807) is 31.2 Å². The Morgan fingerprint density at radius 3 is 2.21 bits per heavy atom. The fourth-order valence-corrected chi connectivity index (χ4v) is 5.28. The molecule has 0 aliphatic rings. The van der Waals surface area contributed by atoms with Gasteiger partial charge in [0.2, 0.25) is 21.8 Å². The molecule has 11 heteroatoms. The van der Waals surface area contributed by atoms with Crippen LogP contribution in [0.5, 0.6) is 5.75 Å². The van der Waals surface area contributed by atoms with E-state index in [-0.39, 0.29) is 29.6 Å². The summed E-state index contributed by atoms with van der Waals surface area (Å²) in [7, 11) is -2.46. The minimum absolute atomic E-state index is 0.0611. The molecule has 1 N–H and O–H groups in total. The number of likely N-dealkylation sites (N-methyl/N-ethyl adjacent to an activating group) is 1. The number of ether oxygens (including phenoxy) is 1. The molecule has 208 valence electrons. The van der Waals surface area contributed by atoms with Crippen LogP contribution in [0.3, 0.4) is 0 Å². The topological polar surface area (TPSA) is 96.0 Å². The molecule has 0 spiro atoms. The molecule has 0 aliphatic heterocycles. The lowest BCUT2D eigenvalue weighted by atomic mass is 10.0. The first kappa shape index (κ1) is 30.3. The van der Waals surface area contributed by atoms with Gasteiger partial charge < -0.3 is 15.0 Å². The minimum Gasteiger partial charge on any atom is -0.495 e. The Balaban J connectivity index is 2.04. The Morgan fingerprint density at radius 1 is 0.974 bits per heavy atom. The third kappa shape index (κ3) is 8.36. The fraction of sp³-hybridized carbons (Fsp3) is 0.286. The molecule has 1 atom stereocenters. The quantitative estimate of drug-likeness (QED) is 0.333. The number of methoxy groups -OCH3 is 1. The molecule has 3 aromatic carbocycles. The first-order valence-electron chi connectivity index (χ1n) is 12.2. The van der Waals surface area contributed by atoms with Crippen molar-refractivity contribution in [3.63, 3.8) is 0 Å². The van der Waals surface area contributed by atoms with Crippen LogP contribution in [0.15, 0.2) is 72.8 Å². The standard InChI is InChI=1S/C28H31Cl2N3O5S/c1-4-31-28(35)25(16-20-8-6-5-7-9-20)32(18-21-10-12-22(29)13-11-21)27(34)19-33(39(3,36)37)23-14-15-26(38-2)24(30)17-23/h5-15,17,25H,4,16,18-19H2,1-3H3,(H,31,35)/t25-/m1/s1. The largest absolute Gasteiger partial charge is 0.495 e. The third-order valence-corrected chi connectivity index (χ3v) is 7.68. The van der Waals surface area contributed by atoms with Gasteiger partial charge in [0.15, 0.2) is 0 Å². The van der Waals surface area contributed by atoms with Gasteiger partial charge in [-0.2, -0.15) is 0 Å². The summed E-state index contributed by atoms with van der Waals surface area (Å²) in [5.74, 6) is -0.541. The van der Waals surface area contributed by atoms with Crippen molar-refractivity contribution in [1.29, 1.82) is 0 Å². The fourth-order valence-electron chi connectivity index (χ4n) is 4.06. The van der Waals surface area contributed by atoms with Gasteiger partial charge in [-0.1, -0.05) is 65.7 Å². The lowest BCUT2D eigenvalue weighted by molar-refractivity contribution is -0.140. The number of halogens is 2. The molecule has 3 rings (SSSR count). The highest BCUT2D eigenvalue weighted by molar-refractivity contribution is 7.92. The van der Waals surface area contributed by atoms with Crippen molar-refractivity contribution in [2.75, 3.05) is 30.8 Å². The number of rotatable bonds is 12. The smallest absolute Gasteiger partial charge is 0.244 e. The van der Waals surface area contributed by atoms with Crippen LogP contribution in [0.4, 0.5) is 5.69 Å². The molecule has 2 amide bonds. The van der Waals surface area contributed by atoms with Crippen LogP contribution in [0, 0.1) is 0 Å². The van der Waals surface area contributed by atoms with E-state index in [1.807, 2.05) is 30.3 Å². The van der Waals surface area contributed by atoms with Crippen molar-refractivity contribution in [1.82, 2.24) is 10.2 Å². The van der Waals surface area contributed by atoms with E-state index in [9.17, 15) is 18.0 Å².